The number of benzene rings is 2. The van der Waals surface area contributed by atoms with Crippen LogP contribution in [0.5, 0.6) is 6.01 Å². The lowest BCUT2D eigenvalue weighted by molar-refractivity contribution is -0.137. The molecule has 0 aliphatic carbocycles. The van der Waals surface area contributed by atoms with Gasteiger partial charge in [0.1, 0.15) is 24.0 Å². The van der Waals surface area contributed by atoms with Gasteiger partial charge in [0, 0.05) is 31.1 Å². The smallest absolute Gasteiger partial charge is 0.417 e. The molecule has 2 aliphatic rings. The van der Waals surface area contributed by atoms with Crippen LogP contribution in [0.1, 0.15) is 18.4 Å². The van der Waals surface area contributed by atoms with E-state index in [0.717, 1.165) is 25.5 Å². The van der Waals surface area contributed by atoms with Crippen molar-refractivity contribution < 1.29 is 31.5 Å². The highest BCUT2D eigenvalue weighted by Gasteiger charge is 2.37. The maximum Gasteiger partial charge on any atom is 0.417 e. The predicted octanol–water partition coefficient (Wildman–Crippen LogP) is 5.95. The van der Waals surface area contributed by atoms with Gasteiger partial charge in [0.2, 0.25) is 6.54 Å². The highest BCUT2D eigenvalue weighted by molar-refractivity contribution is 6.14. The molecule has 2 aromatic carbocycles. The average Bonchev–Trinajstić information content (AvgIpc) is 3.67. The minimum atomic E-state index is -4.60. The highest BCUT2D eigenvalue weighted by atomic mass is 19.4. The van der Waals surface area contributed by atoms with E-state index >= 15 is 0 Å². The highest BCUT2D eigenvalue weighted by Crippen LogP contribution is 2.43. The van der Waals surface area contributed by atoms with E-state index in [4.69, 9.17) is 20.7 Å². The fraction of sp³-hybridized carbons (Fsp3) is 0.375. The number of rotatable bonds is 7. The zero-order valence-electron chi connectivity index (χ0n) is 24.5. The zero-order chi connectivity index (χ0) is 31.9. The molecule has 0 spiro atoms. The Bertz CT molecular complexity index is 1820. The number of hydrogen-bond donors (Lipinski definition) is 0. The molecular formula is C32H30F4N6O3. The number of aromatic nitrogens is 2. The van der Waals surface area contributed by atoms with E-state index in [1.807, 2.05) is 11.9 Å². The number of amides is 1. The van der Waals surface area contributed by atoms with Gasteiger partial charge in [0.25, 0.3) is 5.91 Å². The molecule has 0 unspecified atom stereocenters. The summed E-state index contributed by atoms with van der Waals surface area (Å²) >= 11 is 0. The molecule has 234 valence electrons. The summed E-state index contributed by atoms with van der Waals surface area (Å²) in [4.78, 5) is 30.7. The Kier molecular flexibility index (Phi) is 8.09. The average molecular weight is 623 g/mol. The molecule has 1 amide bonds. The lowest BCUT2D eigenvalue weighted by Crippen LogP contribution is -2.56. The molecule has 6 rings (SSSR count). The molecule has 0 N–H and O–H groups in total. The number of likely N-dealkylation sites (tertiary alicyclic amines) is 1. The maximum absolute atomic E-state index is 14.1. The molecular weight excluding hydrogens is 592 g/mol. The van der Waals surface area contributed by atoms with Gasteiger partial charge >= 0.3 is 12.2 Å². The molecule has 2 atom stereocenters. The summed E-state index contributed by atoms with van der Waals surface area (Å²) in [6.07, 6.45) is -1.22. The van der Waals surface area contributed by atoms with Gasteiger partial charge in [-0.05, 0) is 55.8 Å². The first kappa shape index (κ1) is 30.3. The van der Waals surface area contributed by atoms with Crippen LogP contribution in [-0.2, 0) is 11.0 Å². The number of piperazine rings is 1. The summed E-state index contributed by atoms with van der Waals surface area (Å²) in [5.41, 5.74) is 0.0619. The van der Waals surface area contributed by atoms with E-state index in [1.54, 1.807) is 18.2 Å². The second-order valence-electron chi connectivity index (χ2n) is 11.3. The summed E-state index contributed by atoms with van der Waals surface area (Å²) in [6.45, 7) is 12.2. The topological polar surface area (TPSA) is 79.3 Å². The van der Waals surface area contributed by atoms with Crippen LogP contribution in [0.2, 0.25) is 0 Å². The fourth-order valence-electron chi connectivity index (χ4n) is 6.27. The van der Waals surface area contributed by atoms with Gasteiger partial charge in [0.15, 0.2) is 5.83 Å². The Morgan fingerprint density at radius 2 is 1.96 bits per heavy atom. The quantitative estimate of drug-likeness (QED) is 0.143. The molecule has 0 bridgehead atoms. The van der Waals surface area contributed by atoms with Gasteiger partial charge < -0.3 is 28.7 Å². The molecule has 9 nitrogen and oxygen atoms in total. The molecule has 4 aromatic rings. The van der Waals surface area contributed by atoms with E-state index in [-0.39, 0.29) is 54.9 Å². The molecule has 2 fully saturated rings. The van der Waals surface area contributed by atoms with Gasteiger partial charge in [-0.2, -0.15) is 23.1 Å². The Morgan fingerprint density at radius 1 is 1.16 bits per heavy atom. The van der Waals surface area contributed by atoms with Crippen LogP contribution in [0, 0.1) is 6.57 Å². The molecule has 4 heterocycles. The summed E-state index contributed by atoms with van der Waals surface area (Å²) in [5, 5.41) is 0.885. The Labute approximate surface area is 256 Å². The number of halogens is 4. The van der Waals surface area contributed by atoms with Crippen molar-refractivity contribution in [2.45, 2.75) is 31.1 Å². The lowest BCUT2D eigenvalue weighted by Gasteiger charge is -2.39. The Hall–Kier alpha value is -4.70. The third kappa shape index (κ3) is 5.78. The van der Waals surface area contributed by atoms with Crippen molar-refractivity contribution in [1.29, 1.82) is 0 Å². The van der Waals surface area contributed by atoms with Crippen molar-refractivity contribution in [3.8, 4) is 17.1 Å². The predicted molar refractivity (Wildman–Crippen MR) is 160 cm³/mol. The number of likely N-dealkylation sites (N-methyl/N-ethyl adjacent to an activating group) is 1. The van der Waals surface area contributed by atoms with Gasteiger partial charge in [-0.3, -0.25) is 4.79 Å². The van der Waals surface area contributed by atoms with Crippen LogP contribution in [0.4, 0.5) is 23.4 Å². The Morgan fingerprint density at radius 3 is 2.67 bits per heavy atom. The molecule has 2 saturated heterocycles. The Balaban J connectivity index is 1.50. The summed E-state index contributed by atoms with van der Waals surface area (Å²) < 4.78 is 68.2. The van der Waals surface area contributed by atoms with Crippen molar-refractivity contribution in [2.75, 3.05) is 51.3 Å². The molecule has 0 radical (unpaired) electrons. The van der Waals surface area contributed by atoms with Crippen LogP contribution in [0.3, 0.4) is 0 Å². The van der Waals surface area contributed by atoms with Crippen LogP contribution >= 0.6 is 0 Å². The number of fused-ring (bicyclic) bond motifs is 3. The lowest BCUT2D eigenvalue weighted by atomic mass is 9.95. The number of anilines is 1. The maximum atomic E-state index is 14.1. The molecule has 2 aromatic heterocycles. The SMILES string of the molecule is [C-]#[N+]C[C@H]1CN(c2nc(OC[C@@H]3CCCN3C)nc3cc(-c4ccccc4C(F)(F)F)c4ccoc4c23)CCN1C(=O)C(=C)F. The number of hydrogen-bond acceptors (Lipinski definition) is 7. The van der Waals surface area contributed by atoms with Crippen LogP contribution in [0.25, 0.3) is 37.8 Å². The summed E-state index contributed by atoms with van der Waals surface area (Å²) in [5.74, 6) is -1.60. The van der Waals surface area contributed by atoms with Crippen LogP contribution < -0.4 is 9.64 Å². The van der Waals surface area contributed by atoms with Crippen molar-refractivity contribution in [1.82, 2.24) is 19.8 Å². The largest absolute Gasteiger partial charge is 0.463 e. The standard InChI is InChI=1S/C32H30F4N6O3/c1-19(33)30(43)42-13-12-41(17-21(42)16-37-2)29-27-26(38-31(39-29)45-18-20-7-6-11-40(20)3)15-24(23-10-14-44-28(23)27)22-8-4-5-9-25(22)32(34,35)36/h4-5,8-10,14-15,20-21H,1,6-7,11-13,16-18H2,3H3/t20-,21-/m0/s1. The van der Waals surface area contributed by atoms with Gasteiger partial charge in [-0.25, -0.2) is 11.0 Å². The molecule has 13 heteroatoms. The number of nitrogens with zero attached hydrogens (tertiary/aromatic N) is 6. The van der Waals surface area contributed by atoms with Crippen molar-refractivity contribution in [3.05, 3.63) is 72.0 Å². The third-order valence-electron chi connectivity index (χ3n) is 8.54. The van der Waals surface area contributed by atoms with Crippen molar-refractivity contribution in [3.63, 3.8) is 0 Å². The van der Waals surface area contributed by atoms with E-state index in [2.05, 4.69) is 21.3 Å². The summed E-state index contributed by atoms with van der Waals surface area (Å²) in [7, 11) is 2.01. The number of ether oxygens (including phenoxy) is 1. The van der Waals surface area contributed by atoms with Crippen LogP contribution in [-0.4, -0.2) is 84.1 Å². The number of carbonyl (C=O) groups excluding carboxylic acids is 1. The van der Waals surface area contributed by atoms with E-state index in [1.165, 1.54) is 23.3 Å². The van der Waals surface area contributed by atoms with Crippen LogP contribution in [0.15, 0.2) is 59.5 Å². The first-order valence-corrected chi connectivity index (χ1v) is 14.5. The zero-order valence-corrected chi connectivity index (χ0v) is 24.5. The molecule has 45 heavy (non-hydrogen) atoms. The van der Waals surface area contributed by atoms with E-state index in [0.29, 0.717) is 28.7 Å². The third-order valence-corrected chi connectivity index (χ3v) is 8.54. The molecule has 0 saturated carbocycles. The van der Waals surface area contributed by atoms with E-state index in [9.17, 15) is 22.4 Å². The van der Waals surface area contributed by atoms with E-state index < -0.39 is 29.5 Å². The summed E-state index contributed by atoms with van der Waals surface area (Å²) in [6, 6.07) is 8.05. The minimum Gasteiger partial charge on any atom is -0.463 e. The van der Waals surface area contributed by atoms with Gasteiger partial charge in [0.05, 0.1) is 22.7 Å². The molecule has 2 aliphatic heterocycles. The second-order valence-corrected chi connectivity index (χ2v) is 11.3. The monoisotopic (exact) mass is 622 g/mol. The normalized spacial score (nSPS) is 19.3. The first-order chi connectivity index (χ1) is 21.6. The minimum absolute atomic E-state index is 0.0239. The number of carbonyl (C=O) groups is 1. The van der Waals surface area contributed by atoms with Gasteiger partial charge in [-0.15, -0.1) is 0 Å². The number of furan rings is 1. The van der Waals surface area contributed by atoms with Gasteiger partial charge in [-0.1, -0.05) is 24.8 Å². The second kappa shape index (κ2) is 12.0. The number of alkyl halides is 3. The first-order valence-electron chi connectivity index (χ1n) is 14.5. The van der Waals surface area contributed by atoms with Crippen molar-refractivity contribution >= 4 is 33.6 Å². The van der Waals surface area contributed by atoms with Crippen molar-refractivity contribution in [2.24, 2.45) is 0 Å². The fourth-order valence-corrected chi connectivity index (χ4v) is 6.27.